The van der Waals surface area contributed by atoms with E-state index < -0.39 is 11.9 Å². The molecule has 1 aliphatic rings. The van der Waals surface area contributed by atoms with Gasteiger partial charge in [0.25, 0.3) is 0 Å². The Kier molecular flexibility index (Phi) is 7.14. The third-order valence-electron chi connectivity index (χ3n) is 3.56. The highest BCUT2D eigenvalue weighted by Crippen LogP contribution is 2.22. The molecule has 1 fully saturated rings. The van der Waals surface area contributed by atoms with E-state index in [1.807, 2.05) is 11.8 Å². The van der Waals surface area contributed by atoms with Crippen LogP contribution in [0.1, 0.15) is 26.7 Å². The number of nitrogens with one attached hydrogen (secondary N) is 1. The van der Waals surface area contributed by atoms with E-state index in [0.29, 0.717) is 32.7 Å². The Hall–Kier alpha value is -1.63. The maximum atomic E-state index is 11.7. The van der Waals surface area contributed by atoms with Crippen molar-refractivity contribution in [2.45, 2.75) is 26.7 Å². The van der Waals surface area contributed by atoms with Crippen LogP contribution in [0, 0.1) is 11.8 Å². The number of rotatable bonds is 8. The Morgan fingerprint density at radius 2 is 2.05 bits per heavy atom. The molecule has 1 amide bonds. The third kappa shape index (κ3) is 6.12. The molecule has 0 radical (unpaired) electrons. The standard InChI is InChI=1S/C14H24N2O5/c1-3-21-13(18)5-4-6-15-12(17)9-16-7-10(2)11(8-16)14(19)20/h10-11H,3-9H2,1-2H3,(H,15,17)(H,19,20). The summed E-state index contributed by atoms with van der Waals surface area (Å²) in [6.45, 7) is 5.65. The molecule has 2 atom stereocenters. The zero-order valence-electron chi connectivity index (χ0n) is 12.6. The van der Waals surface area contributed by atoms with Crippen LogP contribution in [0.25, 0.3) is 0 Å². The minimum atomic E-state index is -0.806. The zero-order chi connectivity index (χ0) is 15.8. The lowest BCUT2D eigenvalue weighted by Crippen LogP contribution is -2.37. The van der Waals surface area contributed by atoms with Gasteiger partial charge in [-0.3, -0.25) is 19.3 Å². The van der Waals surface area contributed by atoms with Crippen molar-refractivity contribution in [3.05, 3.63) is 0 Å². The summed E-state index contributed by atoms with van der Waals surface area (Å²) in [4.78, 5) is 35.7. The van der Waals surface area contributed by atoms with Crippen molar-refractivity contribution in [2.75, 3.05) is 32.8 Å². The molecule has 1 saturated heterocycles. The van der Waals surface area contributed by atoms with E-state index in [2.05, 4.69) is 5.32 Å². The van der Waals surface area contributed by atoms with Gasteiger partial charge in [0.05, 0.1) is 19.1 Å². The average molecular weight is 300 g/mol. The number of amides is 1. The number of carboxylic acids is 1. The molecule has 0 aromatic heterocycles. The van der Waals surface area contributed by atoms with Gasteiger partial charge in [0.15, 0.2) is 0 Å². The monoisotopic (exact) mass is 300 g/mol. The molecular formula is C14H24N2O5. The summed E-state index contributed by atoms with van der Waals surface area (Å²) >= 11 is 0. The highest BCUT2D eigenvalue weighted by Gasteiger charge is 2.35. The van der Waals surface area contributed by atoms with Crippen molar-refractivity contribution in [1.82, 2.24) is 10.2 Å². The van der Waals surface area contributed by atoms with E-state index >= 15 is 0 Å². The van der Waals surface area contributed by atoms with Crippen LogP contribution in [0.15, 0.2) is 0 Å². The summed E-state index contributed by atoms with van der Waals surface area (Å²) in [5.41, 5.74) is 0. The van der Waals surface area contributed by atoms with Gasteiger partial charge >= 0.3 is 11.9 Å². The second kappa shape index (κ2) is 8.61. The van der Waals surface area contributed by atoms with Crippen LogP contribution in [0.2, 0.25) is 0 Å². The number of likely N-dealkylation sites (tertiary alicyclic amines) is 1. The Morgan fingerprint density at radius 3 is 2.62 bits per heavy atom. The molecule has 0 spiro atoms. The Balaban J connectivity index is 2.17. The van der Waals surface area contributed by atoms with Gasteiger partial charge in [-0.05, 0) is 19.3 Å². The van der Waals surface area contributed by atoms with Crippen LogP contribution in [-0.4, -0.2) is 60.6 Å². The maximum absolute atomic E-state index is 11.7. The molecule has 0 aliphatic carbocycles. The van der Waals surface area contributed by atoms with Crippen LogP contribution < -0.4 is 5.32 Å². The van der Waals surface area contributed by atoms with E-state index in [-0.39, 0.29) is 30.8 Å². The predicted molar refractivity (Wildman–Crippen MR) is 75.6 cm³/mol. The van der Waals surface area contributed by atoms with Crippen molar-refractivity contribution < 1.29 is 24.2 Å². The minimum Gasteiger partial charge on any atom is -0.481 e. The molecule has 21 heavy (non-hydrogen) atoms. The Morgan fingerprint density at radius 1 is 1.33 bits per heavy atom. The van der Waals surface area contributed by atoms with Crippen molar-refractivity contribution in [1.29, 1.82) is 0 Å². The highest BCUT2D eigenvalue weighted by atomic mass is 16.5. The molecular weight excluding hydrogens is 276 g/mol. The van der Waals surface area contributed by atoms with Crippen LogP contribution in [0.3, 0.4) is 0 Å². The molecule has 7 nitrogen and oxygen atoms in total. The second-order valence-electron chi connectivity index (χ2n) is 5.37. The third-order valence-corrected chi connectivity index (χ3v) is 3.56. The number of carbonyl (C=O) groups is 3. The quantitative estimate of drug-likeness (QED) is 0.487. The molecule has 1 rings (SSSR count). The number of aliphatic carboxylic acids is 1. The lowest BCUT2D eigenvalue weighted by molar-refractivity contribution is -0.143. The van der Waals surface area contributed by atoms with Gasteiger partial charge < -0.3 is 15.2 Å². The van der Waals surface area contributed by atoms with E-state index in [1.165, 1.54) is 0 Å². The van der Waals surface area contributed by atoms with E-state index in [0.717, 1.165) is 0 Å². The fourth-order valence-corrected chi connectivity index (χ4v) is 2.47. The summed E-state index contributed by atoms with van der Waals surface area (Å²) in [7, 11) is 0. The first-order chi connectivity index (χ1) is 9.93. The van der Waals surface area contributed by atoms with Crippen LogP contribution in [0.5, 0.6) is 0 Å². The SMILES string of the molecule is CCOC(=O)CCCNC(=O)CN1CC(C)C(C(=O)O)C1. The summed E-state index contributed by atoms with van der Waals surface area (Å²) in [5.74, 6) is -1.55. The van der Waals surface area contributed by atoms with Crippen molar-refractivity contribution in [2.24, 2.45) is 11.8 Å². The van der Waals surface area contributed by atoms with E-state index in [9.17, 15) is 14.4 Å². The normalized spacial score (nSPS) is 22.0. The lowest BCUT2D eigenvalue weighted by Gasteiger charge is -2.14. The average Bonchev–Trinajstić information content (AvgIpc) is 2.76. The number of hydrogen-bond acceptors (Lipinski definition) is 5. The van der Waals surface area contributed by atoms with Gasteiger partial charge in [-0.1, -0.05) is 6.92 Å². The molecule has 7 heteroatoms. The summed E-state index contributed by atoms with van der Waals surface area (Å²) in [6, 6.07) is 0. The molecule has 0 aromatic carbocycles. The number of carbonyl (C=O) groups excluding carboxylic acids is 2. The van der Waals surface area contributed by atoms with Crippen molar-refractivity contribution in [3.8, 4) is 0 Å². The van der Waals surface area contributed by atoms with Crippen LogP contribution in [-0.2, 0) is 19.1 Å². The fourth-order valence-electron chi connectivity index (χ4n) is 2.47. The first-order valence-corrected chi connectivity index (χ1v) is 7.31. The van der Waals surface area contributed by atoms with Crippen molar-refractivity contribution in [3.63, 3.8) is 0 Å². The van der Waals surface area contributed by atoms with E-state index in [4.69, 9.17) is 9.84 Å². The summed E-state index contributed by atoms with van der Waals surface area (Å²) in [5, 5.41) is 11.8. The number of hydrogen-bond donors (Lipinski definition) is 2. The Labute approximate surface area is 124 Å². The Bertz CT molecular complexity index is 386. The largest absolute Gasteiger partial charge is 0.481 e. The number of carboxylic acid groups (broad SMARTS) is 1. The minimum absolute atomic E-state index is 0.0547. The summed E-state index contributed by atoms with van der Waals surface area (Å²) < 4.78 is 4.79. The smallest absolute Gasteiger partial charge is 0.308 e. The molecule has 2 unspecified atom stereocenters. The van der Waals surface area contributed by atoms with Gasteiger partial charge in [0.1, 0.15) is 0 Å². The molecule has 1 heterocycles. The van der Waals surface area contributed by atoms with Gasteiger partial charge in [-0.2, -0.15) is 0 Å². The predicted octanol–water partition coefficient (Wildman–Crippen LogP) is 0.0984. The molecule has 0 bridgehead atoms. The number of esters is 1. The van der Waals surface area contributed by atoms with E-state index in [1.54, 1.807) is 6.92 Å². The maximum Gasteiger partial charge on any atom is 0.308 e. The lowest BCUT2D eigenvalue weighted by atomic mass is 9.99. The topological polar surface area (TPSA) is 95.9 Å². The summed E-state index contributed by atoms with van der Waals surface area (Å²) in [6.07, 6.45) is 0.828. The van der Waals surface area contributed by atoms with Crippen LogP contribution >= 0.6 is 0 Å². The first kappa shape index (κ1) is 17.4. The number of nitrogens with zero attached hydrogens (tertiary/aromatic N) is 1. The fraction of sp³-hybridized carbons (Fsp3) is 0.786. The zero-order valence-corrected chi connectivity index (χ0v) is 12.6. The highest BCUT2D eigenvalue weighted by molar-refractivity contribution is 5.78. The van der Waals surface area contributed by atoms with Gasteiger partial charge in [0, 0.05) is 26.1 Å². The molecule has 0 aromatic rings. The van der Waals surface area contributed by atoms with Gasteiger partial charge in [-0.15, -0.1) is 0 Å². The molecule has 0 saturated carbocycles. The van der Waals surface area contributed by atoms with Crippen molar-refractivity contribution >= 4 is 17.8 Å². The van der Waals surface area contributed by atoms with Crippen LogP contribution in [0.4, 0.5) is 0 Å². The number of ether oxygens (including phenoxy) is 1. The molecule has 120 valence electrons. The van der Waals surface area contributed by atoms with Gasteiger partial charge in [-0.25, -0.2) is 0 Å². The molecule has 1 aliphatic heterocycles. The molecule has 2 N–H and O–H groups in total. The first-order valence-electron chi connectivity index (χ1n) is 7.31. The second-order valence-corrected chi connectivity index (χ2v) is 5.37. The van der Waals surface area contributed by atoms with Gasteiger partial charge in [0.2, 0.25) is 5.91 Å².